The molecule has 1 rings (SSSR count). The standard InChI is InChI=1S/C13H18O4/c1-13(15,7-8-14)11-5-3-4-6-12(11)17-10-9-16-2/h3-6,8,15H,7,9-10H2,1-2H3. The third-order valence-electron chi connectivity index (χ3n) is 2.49. The fourth-order valence-electron chi connectivity index (χ4n) is 1.54. The number of ether oxygens (including phenoxy) is 2. The molecule has 0 radical (unpaired) electrons. The van der Waals surface area contributed by atoms with Gasteiger partial charge in [0, 0.05) is 19.1 Å². The van der Waals surface area contributed by atoms with Crippen LogP contribution in [0.1, 0.15) is 18.9 Å². The minimum absolute atomic E-state index is 0.0393. The quantitative estimate of drug-likeness (QED) is 0.578. The van der Waals surface area contributed by atoms with Crippen LogP contribution in [0.2, 0.25) is 0 Å². The summed E-state index contributed by atoms with van der Waals surface area (Å²) in [6, 6.07) is 7.15. The largest absolute Gasteiger partial charge is 0.491 e. The Balaban J connectivity index is 2.86. The fraction of sp³-hybridized carbons (Fsp3) is 0.462. The number of hydrogen-bond donors (Lipinski definition) is 1. The summed E-state index contributed by atoms with van der Waals surface area (Å²) in [7, 11) is 1.60. The maximum atomic E-state index is 10.5. The van der Waals surface area contributed by atoms with Crippen LogP contribution in [-0.4, -0.2) is 31.7 Å². The van der Waals surface area contributed by atoms with Crippen molar-refractivity contribution in [2.45, 2.75) is 18.9 Å². The van der Waals surface area contributed by atoms with E-state index in [0.29, 0.717) is 30.8 Å². The Kier molecular flexibility index (Phi) is 5.12. The van der Waals surface area contributed by atoms with Crippen molar-refractivity contribution in [3.05, 3.63) is 29.8 Å². The first-order valence-corrected chi connectivity index (χ1v) is 5.49. The second-order valence-electron chi connectivity index (χ2n) is 3.98. The van der Waals surface area contributed by atoms with Crippen LogP contribution in [0.3, 0.4) is 0 Å². The maximum absolute atomic E-state index is 10.5. The molecule has 1 aromatic rings. The highest BCUT2D eigenvalue weighted by molar-refractivity contribution is 5.53. The van der Waals surface area contributed by atoms with Gasteiger partial charge in [-0.25, -0.2) is 0 Å². The maximum Gasteiger partial charge on any atom is 0.125 e. The van der Waals surface area contributed by atoms with E-state index in [-0.39, 0.29) is 6.42 Å². The molecule has 0 fully saturated rings. The molecular formula is C13H18O4. The van der Waals surface area contributed by atoms with E-state index in [1.807, 2.05) is 6.07 Å². The molecule has 0 aliphatic heterocycles. The third-order valence-corrected chi connectivity index (χ3v) is 2.49. The smallest absolute Gasteiger partial charge is 0.125 e. The van der Waals surface area contributed by atoms with Gasteiger partial charge < -0.3 is 19.4 Å². The Morgan fingerprint density at radius 1 is 1.35 bits per heavy atom. The van der Waals surface area contributed by atoms with E-state index in [1.165, 1.54) is 0 Å². The van der Waals surface area contributed by atoms with Crippen molar-refractivity contribution in [1.29, 1.82) is 0 Å². The molecule has 1 atom stereocenters. The summed E-state index contributed by atoms with van der Waals surface area (Å²) in [4.78, 5) is 10.5. The highest BCUT2D eigenvalue weighted by atomic mass is 16.5. The minimum Gasteiger partial charge on any atom is -0.491 e. The molecule has 0 aromatic heterocycles. The second kappa shape index (κ2) is 6.37. The van der Waals surface area contributed by atoms with E-state index in [1.54, 1.807) is 32.2 Å². The molecule has 1 N–H and O–H groups in total. The van der Waals surface area contributed by atoms with Crippen molar-refractivity contribution in [2.24, 2.45) is 0 Å². The van der Waals surface area contributed by atoms with Gasteiger partial charge in [0.2, 0.25) is 0 Å². The van der Waals surface area contributed by atoms with Crippen LogP contribution in [0.15, 0.2) is 24.3 Å². The molecule has 0 amide bonds. The molecule has 0 spiro atoms. The van der Waals surface area contributed by atoms with Crippen molar-refractivity contribution in [1.82, 2.24) is 0 Å². The van der Waals surface area contributed by atoms with Gasteiger partial charge in [-0.05, 0) is 13.0 Å². The number of methoxy groups -OCH3 is 1. The Morgan fingerprint density at radius 3 is 2.71 bits per heavy atom. The minimum atomic E-state index is -1.20. The zero-order valence-corrected chi connectivity index (χ0v) is 10.2. The van der Waals surface area contributed by atoms with Crippen LogP contribution >= 0.6 is 0 Å². The number of aldehydes is 1. The van der Waals surface area contributed by atoms with Crippen LogP contribution in [0.25, 0.3) is 0 Å². The number of benzene rings is 1. The van der Waals surface area contributed by atoms with Gasteiger partial charge in [0.25, 0.3) is 0 Å². The highest BCUT2D eigenvalue weighted by Crippen LogP contribution is 2.31. The zero-order chi connectivity index (χ0) is 12.7. The number of aliphatic hydroxyl groups is 1. The molecule has 0 bridgehead atoms. The van der Waals surface area contributed by atoms with Crippen molar-refractivity contribution in [3.63, 3.8) is 0 Å². The lowest BCUT2D eigenvalue weighted by atomic mass is 9.92. The Bertz CT molecular complexity index is 360. The Hall–Kier alpha value is -1.39. The van der Waals surface area contributed by atoms with E-state index in [2.05, 4.69) is 0 Å². The molecule has 0 saturated carbocycles. The normalized spacial score (nSPS) is 14.1. The molecule has 4 heteroatoms. The van der Waals surface area contributed by atoms with Gasteiger partial charge in [0.05, 0.1) is 12.2 Å². The number of rotatable bonds is 7. The van der Waals surface area contributed by atoms with Crippen LogP contribution in [0.4, 0.5) is 0 Å². The van der Waals surface area contributed by atoms with E-state index in [0.717, 1.165) is 0 Å². The van der Waals surface area contributed by atoms with Gasteiger partial charge in [-0.15, -0.1) is 0 Å². The molecule has 0 saturated heterocycles. The van der Waals surface area contributed by atoms with Crippen molar-refractivity contribution < 1.29 is 19.4 Å². The molecule has 17 heavy (non-hydrogen) atoms. The van der Waals surface area contributed by atoms with Gasteiger partial charge in [0.1, 0.15) is 18.6 Å². The van der Waals surface area contributed by atoms with Gasteiger partial charge in [-0.1, -0.05) is 18.2 Å². The van der Waals surface area contributed by atoms with E-state index >= 15 is 0 Å². The lowest BCUT2D eigenvalue weighted by Crippen LogP contribution is -2.23. The SMILES string of the molecule is COCCOc1ccccc1C(C)(O)CC=O. The first-order valence-electron chi connectivity index (χ1n) is 5.49. The summed E-state index contributed by atoms with van der Waals surface area (Å²) < 4.78 is 10.4. The highest BCUT2D eigenvalue weighted by Gasteiger charge is 2.26. The van der Waals surface area contributed by atoms with Crippen LogP contribution in [0, 0.1) is 0 Å². The monoisotopic (exact) mass is 238 g/mol. The van der Waals surface area contributed by atoms with Gasteiger partial charge >= 0.3 is 0 Å². The molecule has 1 aromatic carbocycles. The summed E-state index contributed by atoms with van der Waals surface area (Å²) in [5.74, 6) is 0.580. The predicted octanol–water partition coefficient (Wildman–Crippen LogP) is 1.51. The summed E-state index contributed by atoms with van der Waals surface area (Å²) in [6.45, 7) is 2.48. The van der Waals surface area contributed by atoms with Crippen molar-refractivity contribution in [3.8, 4) is 5.75 Å². The average Bonchev–Trinajstić information content (AvgIpc) is 2.30. The summed E-state index contributed by atoms with van der Waals surface area (Å²) in [6.07, 6.45) is 0.740. The molecule has 4 nitrogen and oxygen atoms in total. The molecule has 0 aliphatic rings. The average molecular weight is 238 g/mol. The topological polar surface area (TPSA) is 55.8 Å². The van der Waals surface area contributed by atoms with E-state index < -0.39 is 5.60 Å². The van der Waals surface area contributed by atoms with Crippen LogP contribution < -0.4 is 4.74 Å². The Morgan fingerprint density at radius 2 is 2.06 bits per heavy atom. The third kappa shape index (κ3) is 3.84. The number of hydrogen-bond acceptors (Lipinski definition) is 4. The number of para-hydroxylation sites is 1. The molecule has 0 heterocycles. The van der Waals surface area contributed by atoms with E-state index in [4.69, 9.17) is 9.47 Å². The van der Waals surface area contributed by atoms with Gasteiger partial charge in [0.15, 0.2) is 0 Å². The number of carbonyl (C=O) groups is 1. The fourth-order valence-corrected chi connectivity index (χ4v) is 1.54. The lowest BCUT2D eigenvalue weighted by Gasteiger charge is -2.24. The summed E-state index contributed by atoms with van der Waals surface area (Å²) >= 11 is 0. The van der Waals surface area contributed by atoms with Crippen molar-refractivity contribution >= 4 is 6.29 Å². The molecular weight excluding hydrogens is 220 g/mol. The second-order valence-corrected chi connectivity index (χ2v) is 3.98. The van der Waals surface area contributed by atoms with Crippen molar-refractivity contribution in [2.75, 3.05) is 20.3 Å². The first kappa shape index (κ1) is 13.7. The summed E-state index contributed by atoms with van der Waals surface area (Å²) in [5.41, 5.74) is -0.589. The lowest BCUT2D eigenvalue weighted by molar-refractivity contribution is -0.112. The van der Waals surface area contributed by atoms with E-state index in [9.17, 15) is 9.90 Å². The van der Waals surface area contributed by atoms with Crippen LogP contribution in [-0.2, 0) is 15.1 Å². The summed E-state index contributed by atoms with van der Waals surface area (Å²) in [5, 5.41) is 10.2. The predicted molar refractivity (Wildman–Crippen MR) is 64.1 cm³/mol. The van der Waals surface area contributed by atoms with Gasteiger partial charge in [-0.3, -0.25) is 0 Å². The molecule has 0 aliphatic carbocycles. The first-order chi connectivity index (χ1) is 8.11. The van der Waals surface area contributed by atoms with Gasteiger partial charge in [-0.2, -0.15) is 0 Å². The molecule has 1 unspecified atom stereocenters. The van der Waals surface area contributed by atoms with Crippen LogP contribution in [0.5, 0.6) is 5.75 Å². The zero-order valence-electron chi connectivity index (χ0n) is 10.2. The Labute approximate surface area is 101 Å². The molecule has 94 valence electrons. The number of carbonyl (C=O) groups excluding carboxylic acids is 1.